The number of alkyl halides is 3. The predicted octanol–water partition coefficient (Wildman–Crippen LogP) is 6.09. The van der Waals surface area contributed by atoms with Crippen molar-refractivity contribution in [3.05, 3.63) is 72.4 Å². The first-order valence-electron chi connectivity index (χ1n) is 11.6. The third-order valence-electron chi connectivity index (χ3n) is 5.91. The molecule has 0 atom stereocenters. The molecule has 0 saturated carbocycles. The third-order valence-corrected chi connectivity index (χ3v) is 6.65. The molecule has 5 amide bonds. The smallest absolute Gasteiger partial charge is 0.446 e. The van der Waals surface area contributed by atoms with Gasteiger partial charge in [0.2, 0.25) is 0 Å². The minimum Gasteiger partial charge on any atom is -0.495 e. The fraction of sp³-hybridized carbons (Fsp3) is 0.231. The maximum Gasteiger partial charge on any atom is 0.446 e. The lowest BCUT2D eigenvalue weighted by atomic mass is 10.0. The second-order valence-electron chi connectivity index (χ2n) is 8.94. The molecule has 0 bridgehead atoms. The van der Waals surface area contributed by atoms with Crippen LogP contribution in [0.2, 0.25) is 0 Å². The Morgan fingerprint density at radius 1 is 1.05 bits per heavy atom. The highest BCUT2D eigenvalue weighted by molar-refractivity contribution is 8.00. The molecule has 3 aromatic rings. The van der Waals surface area contributed by atoms with Crippen LogP contribution in [-0.4, -0.2) is 46.0 Å². The Morgan fingerprint density at radius 3 is 2.41 bits per heavy atom. The number of pyridine rings is 1. The molecule has 1 aromatic heterocycles. The Hall–Kier alpha value is -4.26. The van der Waals surface area contributed by atoms with E-state index in [0.29, 0.717) is 17.0 Å². The number of benzene rings is 2. The van der Waals surface area contributed by atoms with Crippen LogP contribution < -0.4 is 20.3 Å². The zero-order valence-corrected chi connectivity index (χ0v) is 21.9. The van der Waals surface area contributed by atoms with E-state index in [1.807, 2.05) is 0 Å². The number of imide groups is 1. The molecule has 9 nitrogen and oxygen atoms in total. The maximum absolute atomic E-state index is 13.3. The number of amides is 5. The van der Waals surface area contributed by atoms with Gasteiger partial charge in [0.05, 0.1) is 18.5 Å². The largest absolute Gasteiger partial charge is 0.495 e. The lowest BCUT2D eigenvalue weighted by molar-refractivity contribution is -0.123. The number of carbonyl (C=O) groups excluding carboxylic acids is 3. The number of hydrogen-bond acceptors (Lipinski definition) is 6. The Morgan fingerprint density at radius 2 is 1.74 bits per heavy atom. The molecule has 13 heteroatoms. The number of thioether (sulfide) groups is 1. The molecule has 2 heterocycles. The van der Waals surface area contributed by atoms with Crippen LogP contribution in [0.3, 0.4) is 0 Å². The number of carbonyl (C=O) groups is 3. The molecule has 1 fully saturated rings. The van der Waals surface area contributed by atoms with E-state index in [1.165, 1.54) is 42.5 Å². The van der Waals surface area contributed by atoms with Crippen molar-refractivity contribution >= 4 is 46.9 Å². The van der Waals surface area contributed by atoms with Gasteiger partial charge in [-0.1, -0.05) is 12.1 Å². The van der Waals surface area contributed by atoms with Crippen LogP contribution in [0.4, 0.5) is 40.0 Å². The molecular weight excluding hydrogens is 535 g/mol. The van der Waals surface area contributed by atoms with Crippen molar-refractivity contribution in [1.82, 2.24) is 9.88 Å². The van der Waals surface area contributed by atoms with Crippen LogP contribution >= 0.6 is 11.8 Å². The summed E-state index contributed by atoms with van der Waals surface area (Å²) in [5, 5.41) is 5.30. The van der Waals surface area contributed by atoms with Crippen molar-refractivity contribution in [2.24, 2.45) is 0 Å². The van der Waals surface area contributed by atoms with E-state index in [4.69, 9.17) is 4.74 Å². The Bertz CT molecular complexity index is 1400. The molecule has 0 radical (unpaired) electrons. The van der Waals surface area contributed by atoms with Gasteiger partial charge in [0.25, 0.3) is 5.91 Å². The van der Waals surface area contributed by atoms with E-state index in [1.54, 1.807) is 50.2 Å². The number of rotatable bonds is 7. The molecule has 204 valence electrons. The summed E-state index contributed by atoms with van der Waals surface area (Å²) in [7, 11) is 1.48. The number of aromatic nitrogens is 1. The molecule has 1 aliphatic rings. The van der Waals surface area contributed by atoms with E-state index in [-0.39, 0.29) is 34.7 Å². The fourth-order valence-electron chi connectivity index (χ4n) is 3.97. The van der Waals surface area contributed by atoms with Gasteiger partial charge >= 0.3 is 17.6 Å². The second kappa shape index (κ2) is 10.8. The summed E-state index contributed by atoms with van der Waals surface area (Å²) in [5.74, 6) is 0.171. The number of urea groups is 2. The van der Waals surface area contributed by atoms with Gasteiger partial charge in [0.1, 0.15) is 17.1 Å². The van der Waals surface area contributed by atoms with Gasteiger partial charge < -0.3 is 15.0 Å². The summed E-state index contributed by atoms with van der Waals surface area (Å²) in [6.45, 7) is 3.19. The lowest BCUT2D eigenvalue weighted by Gasteiger charge is -2.27. The van der Waals surface area contributed by atoms with E-state index < -0.39 is 29.0 Å². The van der Waals surface area contributed by atoms with Gasteiger partial charge in [0, 0.05) is 17.6 Å². The first kappa shape index (κ1) is 27.8. The molecule has 2 aromatic carbocycles. The van der Waals surface area contributed by atoms with Crippen LogP contribution in [0.1, 0.15) is 19.4 Å². The summed E-state index contributed by atoms with van der Waals surface area (Å²) >= 11 is -0.282. The molecule has 39 heavy (non-hydrogen) atoms. The number of methoxy groups -OCH3 is 1. The number of para-hydroxylation sites is 2. The van der Waals surface area contributed by atoms with Crippen LogP contribution in [0.5, 0.6) is 5.75 Å². The molecule has 0 spiro atoms. The lowest BCUT2D eigenvalue weighted by Crippen LogP contribution is -2.43. The van der Waals surface area contributed by atoms with Gasteiger partial charge in [-0.2, -0.15) is 13.2 Å². The minimum absolute atomic E-state index is 0.0153. The van der Waals surface area contributed by atoms with Crippen molar-refractivity contribution in [2.75, 3.05) is 22.6 Å². The Labute approximate surface area is 226 Å². The maximum atomic E-state index is 13.3. The number of nitrogens with one attached hydrogen (secondary N) is 2. The zero-order chi connectivity index (χ0) is 28.4. The van der Waals surface area contributed by atoms with E-state index in [0.717, 1.165) is 4.90 Å². The van der Waals surface area contributed by atoms with Crippen molar-refractivity contribution < 1.29 is 32.3 Å². The third kappa shape index (κ3) is 6.25. The van der Waals surface area contributed by atoms with Crippen LogP contribution in [0, 0.1) is 0 Å². The van der Waals surface area contributed by atoms with Crippen LogP contribution in [0.25, 0.3) is 0 Å². The highest BCUT2D eigenvalue weighted by Crippen LogP contribution is 2.39. The summed E-state index contributed by atoms with van der Waals surface area (Å²) in [6.07, 6.45) is 1.46. The summed E-state index contributed by atoms with van der Waals surface area (Å²) in [4.78, 5) is 45.4. The van der Waals surface area contributed by atoms with Crippen molar-refractivity contribution in [2.45, 2.75) is 36.3 Å². The van der Waals surface area contributed by atoms with Gasteiger partial charge in [-0.3, -0.25) is 10.1 Å². The SMILES string of the molecule is COc1ccccc1NC(=O)Nc1cc(CN2C(=O)N(c3ccc(SC(F)(F)F)cc3)C(=O)C2(C)C)ccn1. The van der Waals surface area contributed by atoms with E-state index in [9.17, 15) is 27.6 Å². The first-order valence-corrected chi connectivity index (χ1v) is 12.4. The average molecular weight is 560 g/mol. The normalized spacial score (nSPS) is 14.9. The highest BCUT2D eigenvalue weighted by atomic mass is 32.2. The molecule has 0 aliphatic carbocycles. The number of hydrogen-bond donors (Lipinski definition) is 2. The molecule has 1 aliphatic heterocycles. The van der Waals surface area contributed by atoms with Crippen LogP contribution in [0.15, 0.2) is 71.8 Å². The molecule has 4 rings (SSSR count). The highest BCUT2D eigenvalue weighted by Gasteiger charge is 2.51. The molecule has 2 N–H and O–H groups in total. The van der Waals surface area contributed by atoms with Crippen LogP contribution in [-0.2, 0) is 11.3 Å². The molecular formula is C26H24F3N5O4S. The average Bonchev–Trinajstić information content (AvgIpc) is 3.03. The monoisotopic (exact) mass is 559 g/mol. The standard InChI is InChI=1S/C26H24F3N5O4S/c1-25(2)22(35)34(17-8-10-18(11-9-17)39-26(27,28)29)24(37)33(25)15-16-12-13-30-21(14-16)32-23(36)31-19-6-4-5-7-20(19)38-3/h4-14H,15H2,1-3H3,(H2,30,31,32,36). The Balaban J connectivity index is 1.48. The number of ether oxygens (including phenoxy) is 1. The number of halogens is 3. The number of nitrogens with zero attached hydrogens (tertiary/aromatic N) is 3. The van der Waals surface area contributed by atoms with E-state index >= 15 is 0 Å². The van der Waals surface area contributed by atoms with E-state index in [2.05, 4.69) is 15.6 Å². The van der Waals surface area contributed by atoms with Crippen molar-refractivity contribution in [3.8, 4) is 5.75 Å². The van der Waals surface area contributed by atoms with Crippen molar-refractivity contribution in [1.29, 1.82) is 0 Å². The van der Waals surface area contributed by atoms with Gasteiger partial charge in [0.15, 0.2) is 0 Å². The number of anilines is 3. The zero-order valence-electron chi connectivity index (χ0n) is 21.1. The van der Waals surface area contributed by atoms with Gasteiger partial charge in [-0.05, 0) is 79.7 Å². The van der Waals surface area contributed by atoms with Crippen molar-refractivity contribution in [3.63, 3.8) is 0 Å². The Kier molecular flexibility index (Phi) is 7.72. The molecule has 1 saturated heterocycles. The summed E-state index contributed by atoms with van der Waals surface area (Å²) in [6, 6.07) is 13.9. The minimum atomic E-state index is -4.45. The summed E-state index contributed by atoms with van der Waals surface area (Å²) < 4.78 is 43.2. The van der Waals surface area contributed by atoms with Gasteiger partial charge in [-0.15, -0.1) is 0 Å². The van der Waals surface area contributed by atoms with Gasteiger partial charge in [-0.25, -0.2) is 19.5 Å². The molecule has 0 unspecified atom stereocenters. The second-order valence-corrected chi connectivity index (χ2v) is 10.1. The topological polar surface area (TPSA) is 104 Å². The fourth-order valence-corrected chi connectivity index (χ4v) is 4.51. The summed E-state index contributed by atoms with van der Waals surface area (Å²) in [5.41, 5.74) is -4.48. The quantitative estimate of drug-likeness (QED) is 0.268. The predicted molar refractivity (Wildman–Crippen MR) is 141 cm³/mol. The first-order chi connectivity index (χ1) is 18.4.